The molecule has 262 valence electrons. The summed E-state index contributed by atoms with van der Waals surface area (Å²) in [4.78, 5) is 36.9. The topological polar surface area (TPSA) is 91.3 Å². The van der Waals surface area contributed by atoms with E-state index in [9.17, 15) is 18.4 Å². The van der Waals surface area contributed by atoms with Crippen molar-refractivity contribution in [2.24, 2.45) is 0 Å². The van der Waals surface area contributed by atoms with Crippen molar-refractivity contribution in [3.8, 4) is 0 Å². The molecule has 0 bridgehead atoms. The molecule has 52 heavy (non-hydrogen) atoms. The fourth-order valence-electron chi connectivity index (χ4n) is 7.02. The van der Waals surface area contributed by atoms with Crippen molar-refractivity contribution in [2.75, 3.05) is 13.1 Å². The van der Waals surface area contributed by atoms with Crippen LogP contribution in [0.2, 0.25) is 0 Å². The van der Waals surface area contributed by atoms with E-state index in [0.717, 1.165) is 50.8 Å². The Balaban J connectivity index is 0.000000190. The lowest BCUT2D eigenvalue weighted by Gasteiger charge is -2.21. The molecule has 5 aliphatic heterocycles. The number of hydrogen-bond donors (Lipinski definition) is 2. The summed E-state index contributed by atoms with van der Waals surface area (Å²) >= 11 is 0. The van der Waals surface area contributed by atoms with Crippen LogP contribution < -0.4 is 21.5 Å². The molecule has 1 fully saturated rings. The summed E-state index contributed by atoms with van der Waals surface area (Å²) in [5, 5.41) is 5.22. The number of halogens is 2. The first-order chi connectivity index (χ1) is 25.4. The van der Waals surface area contributed by atoms with Crippen molar-refractivity contribution in [1.29, 1.82) is 0 Å². The molecule has 10 nitrogen and oxygen atoms in total. The minimum atomic E-state index is -0.264. The third-order valence-corrected chi connectivity index (χ3v) is 9.54. The molecule has 6 heterocycles. The molecule has 1 amide bonds. The standard InChI is InChI=1S/C27H23FN4O3.C13H11FN2O/c28-22-3-1-2-18(10-22)14-31-16-25(24-11-19(17-33)4-5-26(24)31)21-6-8-30(15-21)27(34)20-7-9-32-23(12-20)13-29-35-32;14-11-5-3-4-10(8-11)9-12-13-6-1-2-7-16(13)17-15-12/h1-3,5,7,9-13,16,21,29H,4,6,8,14-15H2;1-8,15H,9H2. The number of likely N-dealkylation sites (tertiary alicyclic amines) is 1. The number of hydroxylamine groups is 6. The van der Waals surface area contributed by atoms with Crippen LogP contribution >= 0.6 is 0 Å². The number of aromatic nitrogens is 1. The number of carbonyl (C=O) groups excluding carboxylic acids is 2. The maximum Gasteiger partial charge on any atom is 0.254 e. The first-order valence-corrected chi connectivity index (χ1v) is 17.0. The molecule has 12 heteroatoms. The summed E-state index contributed by atoms with van der Waals surface area (Å²) in [7, 11) is 0. The van der Waals surface area contributed by atoms with E-state index in [1.807, 2.05) is 59.6 Å². The third-order valence-electron chi connectivity index (χ3n) is 9.54. The predicted octanol–water partition coefficient (Wildman–Crippen LogP) is 4.18. The Labute approximate surface area is 298 Å². The molecule has 0 saturated carbocycles. The number of hydrogen-bond acceptors (Lipinski definition) is 8. The Morgan fingerprint density at radius 2 is 1.79 bits per heavy atom. The second kappa shape index (κ2) is 14.2. The van der Waals surface area contributed by atoms with Crippen LogP contribution in [0, 0.1) is 11.6 Å². The molecule has 1 atom stereocenters. The summed E-state index contributed by atoms with van der Waals surface area (Å²) in [6, 6.07) is 13.2. The number of allylic oxidation sites excluding steroid dienone is 6. The van der Waals surface area contributed by atoms with E-state index in [2.05, 4.69) is 21.7 Å². The van der Waals surface area contributed by atoms with Crippen LogP contribution in [0.4, 0.5) is 8.78 Å². The van der Waals surface area contributed by atoms with E-state index in [4.69, 9.17) is 9.88 Å². The number of rotatable bonds is 6. The molecule has 9 rings (SSSR count). The van der Waals surface area contributed by atoms with Crippen LogP contribution in [0.25, 0.3) is 12.2 Å². The molecule has 0 radical (unpaired) electrons. The van der Waals surface area contributed by atoms with Crippen molar-refractivity contribution in [3.05, 3.63) is 171 Å². The summed E-state index contributed by atoms with van der Waals surface area (Å²) in [6.45, 7) is 1.77. The monoisotopic (exact) mass is 700 g/mol. The van der Waals surface area contributed by atoms with E-state index in [-0.39, 0.29) is 23.5 Å². The highest BCUT2D eigenvalue weighted by Gasteiger charge is 2.32. The average molecular weight is 701 g/mol. The quantitative estimate of drug-likeness (QED) is 0.371. The van der Waals surface area contributed by atoms with E-state index in [1.54, 1.807) is 46.8 Å². The van der Waals surface area contributed by atoms with Gasteiger partial charge in [-0.05, 0) is 77.8 Å². The number of nitrogens with zero attached hydrogens (tertiary/aromatic N) is 4. The van der Waals surface area contributed by atoms with Gasteiger partial charge in [0, 0.05) is 78.7 Å². The van der Waals surface area contributed by atoms with Gasteiger partial charge in [0.15, 0.2) is 0 Å². The summed E-state index contributed by atoms with van der Waals surface area (Å²) in [5.74, 6) is 1.67. The number of amides is 1. The Morgan fingerprint density at radius 3 is 2.62 bits per heavy atom. The molecular formula is C40H34F2N6O4. The van der Waals surface area contributed by atoms with E-state index in [1.165, 1.54) is 24.3 Å². The molecule has 3 aromatic rings. The van der Waals surface area contributed by atoms with Crippen LogP contribution in [-0.4, -0.2) is 44.5 Å². The zero-order chi connectivity index (χ0) is 35.6. The molecular weight excluding hydrogens is 666 g/mol. The van der Waals surface area contributed by atoms with Gasteiger partial charge < -0.3 is 9.47 Å². The van der Waals surface area contributed by atoms with Crippen molar-refractivity contribution in [3.63, 3.8) is 0 Å². The highest BCUT2D eigenvalue weighted by Crippen LogP contribution is 2.29. The van der Waals surface area contributed by atoms with Gasteiger partial charge in [0.2, 0.25) is 0 Å². The lowest BCUT2D eigenvalue weighted by molar-refractivity contribution is -0.126. The maximum atomic E-state index is 13.8. The van der Waals surface area contributed by atoms with Crippen LogP contribution in [0.3, 0.4) is 0 Å². The van der Waals surface area contributed by atoms with Crippen molar-refractivity contribution in [2.45, 2.75) is 31.7 Å². The number of fused-ring (bicyclic) bond motifs is 3. The van der Waals surface area contributed by atoms with Crippen LogP contribution in [-0.2, 0) is 32.4 Å². The summed E-state index contributed by atoms with van der Waals surface area (Å²) in [5.41, 5.74) is 12.3. The van der Waals surface area contributed by atoms with Crippen molar-refractivity contribution in [1.82, 2.24) is 30.6 Å². The molecule has 0 spiro atoms. The summed E-state index contributed by atoms with van der Waals surface area (Å²) in [6.07, 6.45) is 22.6. The molecule has 2 aromatic carbocycles. The Bertz CT molecular complexity index is 2310. The number of nitrogens with one attached hydrogen (secondary N) is 2. The zero-order valence-electron chi connectivity index (χ0n) is 28.0. The van der Waals surface area contributed by atoms with Gasteiger partial charge in [-0.1, -0.05) is 36.4 Å². The minimum Gasteiger partial charge on any atom is -0.343 e. The fourth-order valence-corrected chi connectivity index (χ4v) is 7.02. The highest BCUT2D eigenvalue weighted by atomic mass is 19.1. The minimum absolute atomic E-state index is 0.0201. The van der Waals surface area contributed by atoms with Gasteiger partial charge in [0.05, 0.1) is 23.3 Å². The SMILES string of the molecule is Fc1cccc(CC2=C3C=CC=CN3ON2)c1.O=C=C1C=c2c(C3CCN(C(=O)C4=CC5=CNON5C=C4)C3)cn(Cc3cccc(F)c3)c2=CC1. The van der Waals surface area contributed by atoms with Crippen LogP contribution in [0.1, 0.15) is 35.4 Å². The van der Waals surface area contributed by atoms with E-state index < -0.39 is 0 Å². The van der Waals surface area contributed by atoms with Gasteiger partial charge in [0.1, 0.15) is 17.6 Å². The second-order valence-electron chi connectivity index (χ2n) is 13.0. The molecule has 2 N–H and O–H groups in total. The van der Waals surface area contributed by atoms with Crippen molar-refractivity contribution >= 4 is 24.0 Å². The molecule has 6 aliphatic rings. The Hall–Kier alpha value is -6.20. The lowest BCUT2D eigenvalue weighted by atomic mass is 9.97. The largest absolute Gasteiger partial charge is 0.343 e. The molecule has 1 aromatic heterocycles. The Kier molecular flexibility index (Phi) is 9.00. The lowest BCUT2D eigenvalue weighted by Crippen LogP contribution is -2.34. The molecule has 1 aliphatic carbocycles. The summed E-state index contributed by atoms with van der Waals surface area (Å²) < 4.78 is 29.0. The number of carbonyl (C=O) groups is 1. The van der Waals surface area contributed by atoms with Crippen LogP contribution in [0.15, 0.2) is 132 Å². The molecule has 1 saturated heterocycles. The second-order valence-corrected chi connectivity index (χ2v) is 13.0. The zero-order valence-corrected chi connectivity index (χ0v) is 28.0. The van der Waals surface area contributed by atoms with Gasteiger partial charge in [0.25, 0.3) is 5.91 Å². The first kappa shape index (κ1) is 33.0. The van der Waals surface area contributed by atoms with Gasteiger partial charge in [-0.3, -0.25) is 4.79 Å². The molecule has 1 unspecified atom stereocenters. The fraction of sp³-hybridized carbons (Fsp3) is 0.175. The average Bonchev–Trinajstić information content (AvgIpc) is 3.98. The maximum absolute atomic E-state index is 13.8. The first-order valence-electron chi connectivity index (χ1n) is 17.0. The van der Waals surface area contributed by atoms with E-state index >= 15 is 0 Å². The van der Waals surface area contributed by atoms with Crippen molar-refractivity contribution < 1.29 is 28.2 Å². The number of benzene rings is 2. The van der Waals surface area contributed by atoms with Crippen LogP contribution in [0.5, 0.6) is 0 Å². The van der Waals surface area contributed by atoms with E-state index in [0.29, 0.717) is 43.6 Å². The van der Waals surface area contributed by atoms with Gasteiger partial charge in [-0.2, -0.15) is 9.88 Å². The Morgan fingerprint density at radius 1 is 0.962 bits per heavy atom. The van der Waals surface area contributed by atoms with Gasteiger partial charge in [-0.25, -0.2) is 34.7 Å². The normalized spacial score (nSPS) is 19.3. The van der Waals surface area contributed by atoms with Gasteiger partial charge in [-0.15, -0.1) is 0 Å². The predicted molar refractivity (Wildman–Crippen MR) is 189 cm³/mol. The smallest absolute Gasteiger partial charge is 0.254 e. The van der Waals surface area contributed by atoms with Gasteiger partial charge >= 0.3 is 0 Å². The third kappa shape index (κ3) is 6.78. The highest BCUT2D eigenvalue weighted by molar-refractivity contribution is 5.97.